The number of nitrogens with one attached hydrogen (secondary N) is 2. The Morgan fingerprint density at radius 1 is 1.63 bits per heavy atom. The number of hydrogen-bond acceptors (Lipinski definition) is 5. The van der Waals surface area contributed by atoms with E-state index in [2.05, 4.69) is 38.2 Å². The van der Waals surface area contributed by atoms with Crippen LogP contribution >= 0.6 is 22.6 Å². The summed E-state index contributed by atoms with van der Waals surface area (Å²) in [7, 11) is 1.59. The SMILES string of the molecule is COC1=NC(I)=CNC1CNC(=O)C1CCOCC1. The zero-order valence-electron chi connectivity index (χ0n) is 10.8. The summed E-state index contributed by atoms with van der Waals surface area (Å²) in [6.45, 7) is 1.82. The summed E-state index contributed by atoms with van der Waals surface area (Å²) in [5.74, 6) is 0.750. The van der Waals surface area contributed by atoms with E-state index in [1.165, 1.54) is 0 Å². The first-order valence-corrected chi connectivity index (χ1v) is 7.38. The van der Waals surface area contributed by atoms with Crippen LogP contribution in [0.25, 0.3) is 0 Å². The topological polar surface area (TPSA) is 72.0 Å². The summed E-state index contributed by atoms with van der Waals surface area (Å²) in [6.07, 6.45) is 3.41. The predicted molar refractivity (Wildman–Crippen MR) is 80.0 cm³/mol. The Morgan fingerprint density at radius 3 is 3.05 bits per heavy atom. The molecule has 106 valence electrons. The Kier molecular flexibility index (Phi) is 5.44. The average Bonchev–Trinajstić information content (AvgIpc) is 2.46. The molecule has 7 heteroatoms. The molecule has 0 aromatic carbocycles. The van der Waals surface area contributed by atoms with E-state index in [-0.39, 0.29) is 17.9 Å². The molecule has 0 bridgehead atoms. The smallest absolute Gasteiger partial charge is 0.223 e. The Hall–Kier alpha value is -0.830. The van der Waals surface area contributed by atoms with Gasteiger partial charge in [-0.05, 0) is 35.4 Å². The number of carbonyl (C=O) groups excluding carboxylic acids is 1. The Bertz CT molecular complexity index is 392. The first-order chi connectivity index (χ1) is 9.20. The number of rotatable bonds is 3. The van der Waals surface area contributed by atoms with Gasteiger partial charge in [0, 0.05) is 31.9 Å². The average molecular weight is 379 g/mol. The van der Waals surface area contributed by atoms with Gasteiger partial charge in [-0.3, -0.25) is 4.79 Å². The lowest BCUT2D eigenvalue weighted by Crippen LogP contribution is -2.47. The second kappa shape index (κ2) is 7.09. The van der Waals surface area contributed by atoms with Crippen molar-refractivity contribution in [3.8, 4) is 0 Å². The molecule has 0 aromatic rings. The molecule has 0 spiro atoms. The monoisotopic (exact) mass is 379 g/mol. The number of ether oxygens (including phenoxy) is 2. The molecule has 1 atom stereocenters. The zero-order valence-corrected chi connectivity index (χ0v) is 13.0. The number of hydrogen-bond donors (Lipinski definition) is 2. The van der Waals surface area contributed by atoms with Crippen molar-refractivity contribution in [3.63, 3.8) is 0 Å². The fraction of sp³-hybridized carbons (Fsp3) is 0.667. The normalized spacial score (nSPS) is 24.0. The third kappa shape index (κ3) is 4.07. The quantitative estimate of drug-likeness (QED) is 0.562. The molecule has 1 saturated heterocycles. The Balaban J connectivity index is 1.82. The first-order valence-electron chi connectivity index (χ1n) is 6.30. The molecule has 0 aliphatic carbocycles. The fourth-order valence-corrected chi connectivity index (χ4v) is 2.51. The lowest BCUT2D eigenvalue weighted by molar-refractivity contribution is -0.127. The van der Waals surface area contributed by atoms with Crippen molar-refractivity contribution in [1.29, 1.82) is 0 Å². The van der Waals surface area contributed by atoms with Crippen molar-refractivity contribution in [2.75, 3.05) is 26.9 Å². The molecular formula is C12H18IN3O3. The highest BCUT2D eigenvalue weighted by molar-refractivity contribution is 14.1. The van der Waals surface area contributed by atoms with E-state index in [0.29, 0.717) is 25.7 Å². The van der Waals surface area contributed by atoms with Crippen LogP contribution in [0.5, 0.6) is 0 Å². The van der Waals surface area contributed by atoms with Crippen LogP contribution in [0.3, 0.4) is 0 Å². The van der Waals surface area contributed by atoms with E-state index >= 15 is 0 Å². The lowest BCUT2D eigenvalue weighted by Gasteiger charge is -2.25. The van der Waals surface area contributed by atoms with E-state index in [1.54, 1.807) is 7.11 Å². The van der Waals surface area contributed by atoms with Crippen molar-refractivity contribution in [1.82, 2.24) is 10.6 Å². The summed E-state index contributed by atoms with van der Waals surface area (Å²) in [5, 5.41) is 6.12. The van der Waals surface area contributed by atoms with Gasteiger partial charge in [-0.25, -0.2) is 4.99 Å². The van der Waals surface area contributed by atoms with E-state index in [9.17, 15) is 4.79 Å². The second-order valence-corrected chi connectivity index (χ2v) is 5.58. The molecule has 2 aliphatic heterocycles. The summed E-state index contributed by atoms with van der Waals surface area (Å²) >= 11 is 2.11. The van der Waals surface area contributed by atoms with Crippen molar-refractivity contribution in [3.05, 3.63) is 9.90 Å². The fourth-order valence-electron chi connectivity index (χ4n) is 2.10. The highest BCUT2D eigenvalue weighted by atomic mass is 127. The molecule has 0 radical (unpaired) electrons. The van der Waals surface area contributed by atoms with Crippen LogP contribution in [-0.4, -0.2) is 44.7 Å². The molecule has 0 aromatic heterocycles. The third-order valence-corrected chi connectivity index (χ3v) is 3.75. The highest BCUT2D eigenvalue weighted by Crippen LogP contribution is 2.15. The molecule has 0 saturated carbocycles. The summed E-state index contributed by atoms with van der Waals surface area (Å²) in [5.41, 5.74) is 0. The zero-order chi connectivity index (χ0) is 13.7. The first kappa shape index (κ1) is 14.6. The molecule has 1 unspecified atom stereocenters. The molecule has 2 rings (SSSR count). The van der Waals surface area contributed by atoms with Gasteiger partial charge in [0.25, 0.3) is 0 Å². The van der Waals surface area contributed by atoms with Gasteiger partial charge in [-0.15, -0.1) is 0 Å². The van der Waals surface area contributed by atoms with Crippen LogP contribution < -0.4 is 10.6 Å². The standard InChI is InChI=1S/C12H18IN3O3/c1-18-12-9(14-7-10(13)16-12)6-15-11(17)8-2-4-19-5-3-8/h7-9,14H,2-6H2,1H3,(H,15,17). The van der Waals surface area contributed by atoms with Gasteiger partial charge in [-0.2, -0.15) is 0 Å². The van der Waals surface area contributed by atoms with E-state index in [4.69, 9.17) is 9.47 Å². The van der Waals surface area contributed by atoms with Crippen LogP contribution in [0, 0.1) is 5.92 Å². The molecular weight excluding hydrogens is 361 g/mol. The molecule has 2 aliphatic rings. The molecule has 1 fully saturated rings. The largest absolute Gasteiger partial charge is 0.483 e. The number of halogens is 1. The van der Waals surface area contributed by atoms with E-state index < -0.39 is 0 Å². The maximum Gasteiger partial charge on any atom is 0.223 e. The van der Waals surface area contributed by atoms with Gasteiger partial charge in [0.2, 0.25) is 11.8 Å². The number of methoxy groups -OCH3 is 1. The number of carbonyl (C=O) groups is 1. The van der Waals surface area contributed by atoms with Gasteiger partial charge in [-0.1, -0.05) is 0 Å². The van der Waals surface area contributed by atoms with Crippen molar-refractivity contribution < 1.29 is 14.3 Å². The number of aliphatic imine (C=N–C) groups is 1. The van der Waals surface area contributed by atoms with Crippen LogP contribution in [0.1, 0.15) is 12.8 Å². The summed E-state index contributed by atoms with van der Waals surface area (Å²) < 4.78 is 11.3. The van der Waals surface area contributed by atoms with Gasteiger partial charge in [0.05, 0.1) is 7.11 Å². The second-order valence-electron chi connectivity index (χ2n) is 4.47. The summed E-state index contributed by atoms with van der Waals surface area (Å²) in [6, 6.07) is -0.104. The Labute approximate surface area is 126 Å². The Morgan fingerprint density at radius 2 is 2.37 bits per heavy atom. The lowest BCUT2D eigenvalue weighted by atomic mass is 9.99. The maximum atomic E-state index is 12.0. The minimum atomic E-state index is -0.104. The molecule has 6 nitrogen and oxygen atoms in total. The van der Waals surface area contributed by atoms with E-state index in [0.717, 1.165) is 16.5 Å². The van der Waals surface area contributed by atoms with Crippen LogP contribution in [0.15, 0.2) is 14.9 Å². The van der Waals surface area contributed by atoms with Gasteiger partial charge >= 0.3 is 0 Å². The van der Waals surface area contributed by atoms with Gasteiger partial charge in [0.15, 0.2) is 0 Å². The van der Waals surface area contributed by atoms with Crippen molar-refractivity contribution >= 4 is 34.4 Å². The summed E-state index contributed by atoms with van der Waals surface area (Å²) in [4.78, 5) is 16.3. The minimum absolute atomic E-state index is 0.0657. The maximum absolute atomic E-state index is 12.0. The van der Waals surface area contributed by atoms with Crippen LogP contribution in [-0.2, 0) is 14.3 Å². The van der Waals surface area contributed by atoms with Gasteiger partial charge < -0.3 is 20.1 Å². The third-order valence-electron chi connectivity index (χ3n) is 3.20. The molecule has 1 amide bonds. The van der Waals surface area contributed by atoms with Crippen LogP contribution in [0.2, 0.25) is 0 Å². The molecule has 19 heavy (non-hydrogen) atoms. The number of amides is 1. The molecule has 2 heterocycles. The molecule has 2 N–H and O–H groups in total. The van der Waals surface area contributed by atoms with Crippen LogP contribution in [0.4, 0.5) is 0 Å². The highest BCUT2D eigenvalue weighted by Gasteiger charge is 2.24. The van der Waals surface area contributed by atoms with Crippen molar-refractivity contribution in [2.24, 2.45) is 10.9 Å². The number of nitrogens with zero attached hydrogens (tertiary/aromatic N) is 1. The van der Waals surface area contributed by atoms with Gasteiger partial charge in [0.1, 0.15) is 9.75 Å². The van der Waals surface area contributed by atoms with Crippen molar-refractivity contribution in [2.45, 2.75) is 18.9 Å². The van der Waals surface area contributed by atoms with E-state index in [1.807, 2.05) is 6.20 Å². The minimum Gasteiger partial charge on any atom is -0.483 e. The predicted octanol–water partition coefficient (Wildman–Crippen LogP) is 0.780.